The zero-order valence-electron chi connectivity index (χ0n) is 17.0. The molecule has 0 radical (unpaired) electrons. The second-order valence-corrected chi connectivity index (χ2v) is 7.98. The lowest BCUT2D eigenvalue weighted by Gasteiger charge is -2.16. The molecular weight excluding hydrogens is 318 g/mol. The molecular formula is C24H39NO. The van der Waals surface area contributed by atoms with Gasteiger partial charge in [0.2, 0.25) is 0 Å². The zero-order chi connectivity index (χ0) is 18.5. The lowest BCUT2D eigenvalue weighted by Crippen LogP contribution is -2.24. The van der Waals surface area contributed by atoms with Crippen LogP contribution in [0.15, 0.2) is 18.2 Å². The van der Waals surface area contributed by atoms with Crippen LogP contribution in [0.4, 0.5) is 0 Å². The first-order chi connectivity index (χ1) is 12.8. The van der Waals surface area contributed by atoms with Crippen LogP contribution in [-0.2, 0) is 12.8 Å². The highest BCUT2D eigenvalue weighted by atomic mass is 16.1. The van der Waals surface area contributed by atoms with E-state index in [-0.39, 0.29) is 5.91 Å². The topological polar surface area (TPSA) is 29.1 Å². The third-order valence-electron chi connectivity index (χ3n) is 5.68. The molecule has 1 N–H and O–H groups in total. The van der Waals surface area contributed by atoms with Gasteiger partial charge in [0.15, 0.2) is 0 Å². The van der Waals surface area contributed by atoms with E-state index in [1.165, 1.54) is 94.6 Å². The minimum Gasteiger partial charge on any atom is -0.352 e. The average Bonchev–Trinajstić information content (AvgIpc) is 2.68. The Morgan fingerprint density at radius 1 is 0.808 bits per heavy atom. The Balaban J connectivity index is 1.48. The van der Waals surface area contributed by atoms with E-state index in [0.29, 0.717) is 0 Å². The van der Waals surface area contributed by atoms with Crippen LogP contribution in [0.2, 0.25) is 0 Å². The number of hydrogen-bond acceptors (Lipinski definition) is 1. The van der Waals surface area contributed by atoms with Crippen LogP contribution >= 0.6 is 0 Å². The van der Waals surface area contributed by atoms with Gasteiger partial charge >= 0.3 is 0 Å². The lowest BCUT2D eigenvalue weighted by atomic mass is 9.90. The highest BCUT2D eigenvalue weighted by molar-refractivity contribution is 5.94. The Morgan fingerprint density at radius 2 is 1.38 bits per heavy atom. The van der Waals surface area contributed by atoms with E-state index in [2.05, 4.69) is 24.4 Å². The SMILES string of the molecule is CCCCCCCCCCCCCNC(=O)c1ccc2c(c1)CCCC2. The van der Waals surface area contributed by atoms with Gasteiger partial charge in [-0.3, -0.25) is 4.79 Å². The van der Waals surface area contributed by atoms with Crippen molar-refractivity contribution in [3.63, 3.8) is 0 Å². The molecule has 0 aromatic heterocycles. The number of rotatable bonds is 13. The Hall–Kier alpha value is -1.31. The van der Waals surface area contributed by atoms with Crippen molar-refractivity contribution in [2.45, 2.75) is 103 Å². The third-order valence-corrected chi connectivity index (χ3v) is 5.68. The molecule has 0 heterocycles. The maximum Gasteiger partial charge on any atom is 0.251 e. The van der Waals surface area contributed by atoms with Crippen molar-refractivity contribution in [3.05, 3.63) is 34.9 Å². The van der Waals surface area contributed by atoms with Crippen molar-refractivity contribution in [3.8, 4) is 0 Å². The summed E-state index contributed by atoms with van der Waals surface area (Å²) >= 11 is 0. The number of aryl methyl sites for hydroxylation is 2. The molecule has 1 amide bonds. The predicted molar refractivity (Wildman–Crippen MR) is 112 cm³/mol. The third kappa shape index (κ3) is 7.93. The molecule has 2 heteroatoms. The van der Waals surface area contributed by atoms with E-state index in [1.54, 1.807) is 0 Å². The summed E-state index contributed by atoms with van der Waals surface area (Å²) in [6.45, 7) is 3.09. The summed E-state index contributed by atoms with van der Waals surface area (Å²) in [7, 11) is 0. The molecule has 1 aromatic rings. The number of amides is 1. The van der Waals surface area contributed by atoms with Gasteiger partial charge < -0.3 is 5.32 Å². The van der Waals surface area contributed by atoms with Crippen molar-refractivity contribution < 1.29 is 4.79 Å². The van der Waals surface area contributed by atoms with Gasteiger partial charge in [-0.05, 0) is 55.4 Å². The van der Waals surface area contributed by atoms with Crippen LogP contribution in [-0.4, -0.2) is 12.5 Å². The molecule has 1 aromatic carbocycles. The first kappa shape index (κ1) is 21.0. The van der Waals surface area contributed by atoms with Crippen molar-refractivity contribution in [1.29, 1.82) is 0 Å². The van der Waals surface area contributed by atoms with Crippen molar-refractivity contribution in [2.24, 2.45) is 0 Å². The van der Waals surface area contributed by atoms with Crippen molar-refractivity contribution in [2.75, 3.05) is 6.54 Å². The van der Waals surface area contributed by atoms with Gasteiger partial charge in [-0.25, -0.2) is 0 Å². The van der Waals surface area contributed by atoms with Gasteiger partial charge in [0.25, 0.3) is 5.91 Å². The molecule has 2 nitrogen and oxygen atoms in total. The summed E-state index contributed by atoms with van der Waals surface area (Å²) in [5, 5.41) is 3.10. The van der Waals surface area contributed by atoms with Crippen LogP contribution in [0.3, 0.4) is 0 Å². The number of nitrogens with one attached hydrogen (secondary N) is 1. The van der Waals surface area contributed by atoms with Gasteiger partial charge in [0.1, 0.15) is 0 Å². The van der Waals surface area contributed by atoms with Crippen LogP contribution in [0.25, 0.3) is 0 Å². The van der Waals surface area contributed by atoms with E-state index >= 15 is 0 Å². The minimum atomic E-state index is 0.102. The molecule has 0 saturated heterocycles. The van der Waals surface area contributed by atoms with E-state index in [1.807, 2.05) is 6.07 Å². The molecule has 0 atom stereocenters. The lowest BCUT2D eigenvalue weighted by molar-refractivity contribution is 0.0953. The molecule has 0 spiro atoms. The number of hydrogen-bond donors (Lipinski definition) is 1. The molecule has 1 aliphatic carbocycles. The van der Waals surface area contributed by atoms with Crippen molar-refractivity contribution >= 4 is 5.91 Å². The van der Waals surface area contributed by atoms with Crippen LogP contribution < -0.4 is 5.32 Å². The molecule has 0 aliphatic heterocycles. The summed E-state index contributed by atoms with van der Waals surface area (Å²) in [4.78, 5) is 12.3. The van der Waals surface area contributed by atoms with Gasteiger partial charge in [-0.2, -0.15) is 0 Å². The van der Waals surface area contributed by atoms with Crippen LogP contribution in [0, 0.1) is 0 Å². The number of unbranched alkanes of at least 4 members (excludes halogenated alkanes) is 10. The van der Waals surface area contributed by atoms with Gasteiger partial charge in [0.05, 0.1) is 0 Å². The fraction of sp³-hybridized carbons (Fsp3) is 0.708. The largest absolute Gasteiger partial charge is 0.352 e. The smallest absolute Gasteiger partial charge is 0.251 e. The van der Waals surface area contributed by atoms with E-state index in [4.69, 9.17) is 0 Å². The van der Waals surface area contributed by atoms with E-state index in [9.17, 15) is 4.79 Å². The number of carbonyl (C=O) groups is 1. The van der Waals surface area contributed by atoms with Crippen LogP contribution in [0.5, 0.6) is 0 Å². The Labute approximate surface area is 161 Å². The Kier molecular flexibility index (Phi) is 10.5. The van der Waals surface area contributed by atoms with Gasteiger partial charge in [0, 0.05) is 12.1 Å². The van der Waals surface area contributed by atoms with E-state index < -0.39 is 0 Å². The first-order valence-electron chi connectivity index (χ1n) is 11.2. The van der Waals surface area contributed by atoms with Crippen molar-refractivity contribution in [1.82, 2.24) is 5.32 Å². The maximum atomic E-state index is 12.3. The predicted octanol–water partition coefficient (Wildman–Crippen LogP) is 6.61. The maximum absolute atomic E-state index is 12.3. The number of carbonyl (C=O) groups excluding carboxylic acids is 1. The highest BCUT2D eigenvalue weighted by Crippen LogP contribution is 2.22. The summed E-state index contributed by atoms with van der Waals surface area (Å²) in [6, 6.07) is 6.27. The van der Waals surface area contributed by atoms with Gasteiger partial charge in [-0.15, -0.1) is 0 Å². The fourth-order valence-corrected chi connectivity index (χ4v) is 3.97. The van der Waals surface area contributed by atoms with E-state index in [0.717, 1.165) is 24.9 Å². The summed E-state index contributed by atoms with van der Waals surface area (Å²) < 4.78 is 0. The summed E-state index contributed by atoms with van der Waals surface area (Å²) in [5.74, 6) is 0.102. The number of fused-ring (bicyclic) bond motifs is 1. The molecule has 0 saturated carbocycles. The summed E-state index contributed by atoms with van der Waals surface area (Å²) in [6.07, 6.45) is 19.6. The monoisotopic (exact) mass is 357 g/mol. The normalized spacial score (nSPS) is 13.4. The molecule has 0 fully saturated rings. The standard InChI is InChI=1S/C24H39NO/c1-2-3-4-5-6-7-8-9-10-11-14-19-25-24(26)23-18-17-21-15-12-13-16-22(21)20-23/h17-18,20H,2-16,19H2,1H3,(H,25,26). The zero-order valence-corrected chi connectivity index (χ0v) is 17.0. The highest BCUT2D eigenvalue weighted by Gasteiger charge is 2.12. The van der Waals surface area contributed by atoms with Gasteiger partial charge in [-0.1, -0.05) is 77.2 Å². The second kappa shape index (κ2) is 12.9. The number of benzene rings is 1. The average molecular weight is 358 g/mol. The molecule has 146 valence electrons. The quantitative estimate of drug-likeness (QED) is 0.396. The molecule has 0 unspecified atom stereocenters. The molecule has 0 bridgehead atoms. The molecule has 2 rings (SSSR count). The minimum absolute atomic E-state index is 0.102. The molecule has 26 heavy (non-hydrogen) atoms. The first-order valence-corrected chi connectivity index (χ1v) is 11.2. The van der Waals surface area contributed by atoms with Crippen LogP contribution in [0.1, 0.15) is 112 Å². The fourth-order valence-electron chi connectivity index (χ4n) is 3.97. The Bertz CT molecular complexity index is 523. The molecule has 1 aliphatic rings. The second-order valence-electron chi connectivity index (χ2n) is 7.98. The summed E-state index contributed by atoms with van der Waals surface area (Å²) in [5.41, 5.74) is 3.67. The Morgan fingerprint density at radius 3 is 2.04 bits per heavy atom.